The zero-order valence-corrected chi connectivity index (χ0v) is 29.1. The first-order chi connectivity index (χ1) is 19.7. The number of allylic oxidation sites excluding steroid dienone is 2. The molecule has 5 aliphatic carbocycles. The first-order valence-corrected chi connectivity index (χ1v) is 17.5. The van der Waals surface area contributed by atoms with Crippen molar-refractivity contribution in [2.45, 2.75) is 99.3 Å². The van der Waals surface area contributed by atoms with Crippen molar-refractivity contribution in [2.24, 2.45) is 56.7 Å². The van der Waals surface area contributed by atoms with E-state index in [4.69, 9.17) is 4.74 Å². The Balaban J connectivity index is 1.42. The maximum atomic E-state index is 14.1. The Kier molecular flexibility index (Phi) is 7.31. The molecule has 0 radical (unpaired) electrons. The Morgan fingerprint density at radius 3 is 2.38 bits per heavy atom. The van der Waals surface area contributed by atoms with E-state index < -0.39 is 0 Å². The first kappa shape index (κ1) is 30.6. The summed E-state index contributed by atoms with van der Waals surface area (Å²) in [6, 6.07) is 8.53. The largest absolute Gasteiger partial charge is 0.469 e. The Bertz CT molecular complexity index is 1360. The van der Waals surface area contributed by atoms with E-state index in [1.165, 1.54) is 22.0 Å². The number of rotatable bonds is 3. The second-order valence-corrected chi connectivity index (χ2v) is 17.5. The van der Waals surface area contributed by atoms with E-state index in [9.17, 15) is 9.59 Å². The van der Waals surface area contributed by atoms with Crippen LogP contribution in [-0.2, 0) is 14.3 Å². The van der Waals surface area contributed by atoms with Crippen molar-refractivity contribution in [3.63, 3.8) is 0 Å². The number of fused-ring (bicyclic) bond motifs is 7. The molecule has 1 aromatic carbocycles. The first-order valence-electron chi connectivity index (χ1n) is 16.4. The van der Waals surface area contributed by atoms with E-state index in [0.29, 0.717) is 35.4 Å². The van der Waals surface area contributed by atoms with E-state index in [1.807, 2.05) is 0 Å². The number of benzene rings is 1. The van der Waals surface area contributed by atoms with Gasteiger partial charge >= 0.3 is 5.97 Å². The Labute approximate surface area is 267 Å². The molecule has 1 unspecified atom stereocenters. The van der Waals surface area contributed by atoms with E-state index in [-0.39, 0.29) is 33.0 Å². The highest BCUT2D eigenvalue weighted by atomic mass is 127. The van der Waals surface area contributed by atoms with E-state index in [2.05, 4.69) is 101 Å². The molecule has 42 heavy (non-hydrogen) atoms. The molecule has 5 aliphatic rings. The second-order valence-electron chi connectivity index (χ2n) is 16.3. The molecule has 6 rings (SSSR count). The molecule has 3 nitrogen and oxygen atoms in total. The van der Waals surface area contributed by atoms with E-state index in [0.717, 1.165) is 56.1 Å². The summed E-state index contributed by atoms with van der Waals surface area (Å²) in [4.78, 5) is 27.6. The fraction of sp³-hybridized carbons (Fsp3) is 0.684. The van der Waals surface area contributed by atoms with Crippen LogP contribution >= 0.6 is 22.6 Å². The smallest absolute Gasteiger partial charge is 0.312 e. The number of ether oxygens (including phenoxy) is 1. The van der Waals surface area contributed by atoms with Crippen LogP contribution < -0.4 is 0 Å². The zero-order valence-electron chi connectivity index (χ0n) is 26.9. The Morgan fingerprint density at radius 2 is 1.71 bits per heavy atom. The van der Waals surface area contributed by atoms with Gasteiger partial charge in [-0.1, -0.05) is 58.9 Å². The molecule has 4 heteroatoms. The van der Waals surface area contributed by atoms with Crippen molar-refractivity contribution < 1.29 is 14.3 Å². The summed E-state index contributed by atoms with van der Waals surface area (Å²) in [6.07, 6.45) is 11.7. The van der Waals surface area contributed by atoms with Crippen LogP contribution in [0.15, 0.2) is 42.0 Å². The average molecular weight is 683 g/mol. The number of halogens is 1. The van der Waals surface area contributed by atoms with Crippen molar-refractivity contribution in [2.75, 3.05) is 7.11 Å². The van der Waals surface area contributed by atoms with Crippen LogP contribution in [0.4, 0.5) is 0 Å². The van der Waals surface area contributed by atoms with Gasteiger partial charge in [-0.3, -0.25) is 9.59 Å². The molecule has 0 aliphatic heterocycles. The van der Waals surface area contributed by atoms with Gasteiger partial charge in [0.25, 0.3) is 0 Å². The number of carbonyl (C=O) groups excluding carboxylic acids is 2. The molecule has 0 N–H and O–H groups in total. The molecule has 0 saturated heterocycles. The lowest BCUT2D eigenvalue weighted by molar-refractivity contribution is -0.232. The zero-order chi connectivity index (χ0) is 30.5. The van der Waals surface area contributed by atoms with Gasteiger partial charge in [-0.2, -0.15) is 0 Å². The number of hydrogen-bond donors (Lipinski definition) is 0. The number of ketones is 1. The summed E-state index contributed by atoms with van der Waals surface area (Å²) in [5.41, 5.74) is 3.05. The molecule has 0 bridgehead atoms. The Hall–Kier alpha value is -1.43. The molecule has 9 atom stereocenters. The van der Waals surface area contributed by atoms with Crippen molar-refractivity contribution in [1.82, 2.24) is 0 Å². The van der Waals surface area contributed by atoms with Crippen molar-refractivity contribution >= 4 is 40.4 Å². The van der Waals surface area contributed by atoms with Gasteiger partial charge in [-0.25, -0.2) is 0 Å². The highest BCUT2D eigenvalue weighted by Gasteiger charge is 2.72. The van der Waals surface area contributed by atoms with Crippen LogP contribution in [-0.4, -0.2) is 18.9 Å². The fourth-order valence-corrected chi connectivity index (χ4v) is 13.0. The lowest BCUT2D eigenvalue weighted by atomic mass is 9.32. The molecule has 0 aromatic heterocycles. The summed E-state index contributed by atoms with van der Waals surface area (Å²) in [6.45, 7) is 18.9. The molecule has 0 heterocycles. The molecule has 5 fully saturated rings. The minimum atomic E-state index is -0.372. The van der Waals surface area contributed by atoms with Crippen LogP contribution in [0.5, 0.6) is 0 Å². The minimum Gasteiger partial charge on any atom is -0.469 e. The predicted molar refractivity (Wildman–Crippen MR) is 179 cm³/mol. The summed E-state index contributed by atoms with van der Waals surface area (Å²) in [5.74, 6) is 2.53. The highest BCUT2D eigenvalue weighted by Crippen LogP contribution is 2.77. The normalized spacial score (nSPS) is 44.9. The summed E-state index contributed by atoms with van der Waals surface area (Å²) < 4.78 is 6.75. The van der Waals surface area contributed by atoms with E-state index >= 15 is 0 Å². The maximum absolute atomic E-state index is 14.1. The number of carbonyl (C=O) groups is 2. The molecule has 5 saturated carbocycles. The third-order valence-corrected chi connectivity index (χ3v) is 15.1. The van der Waals surface area contributed by atoms with Crippen LogP contribution in [0.1, 0.15) is 105 Å². The van der Waals surface area contributed by atoms with Crippen molar-refractivity contribution in [1.29, 1.82) is 0 Å². The van der Waals surface area contributed by atoms with Crippen molar-refractivity contribution in [3.05, 3.63) is 51.1 Å². The summed E-state index contributed by atoms with van der Waals surface area (Å²) in [7, 11) is 1.59. The van der Waals surface area contributed by atoms with Gasteiger partial charge in [0.15, 0.2) is 5.78 Å². The summed E-state index contributed by atoms with van der Waals surface area (Å²) >= 11 is 2.36. The fourth-order valence-electron chi connectivity index (χ4n) is 12.5. The third kappa shape index (κ3) is 4.01. The molecule has 0 amide bonds. The van der Waals surface area contributed by atoms with Gasteiger partial charge in [0, 0.05) is 8.99 Å². The molecular formula is C38H51IO3. The number of Topliss-reactive ketones (excluding diaryl/α,β-unsaturated/α-hetero) is 1. The maximum Gasteiger partial charge on any atom is 0.312 e. The molecule has 0 spiro atoms. The molecule has 228 valence electrons. The van der Waals surface area contributed by atoms with Gasteiger partial charge in [0.2, 0.25) is 0 Å². The van der Waals surface area contributed by atoms with Gasteiger partial charge in [0.1, 0.15) is 0 Å². The van der Waals surface area contributed by atoms with Crippen LogP contribution in [0.3, 0.4) is 0 Å². The number of hydrogen-bond acceptors (Lipinski definition) is 3. The van der Waals surface area contributed by atoms with Gasteiger partial charge < -0.3 is 4.74 Å². The monoisotopic (exact) mass is 682 g/mol. The standard InChI is InChI=1S/C38H51IO3/c1-23(2)27-14-17-38(33(41)42-8)19-18-36(6)28(31(27)38)12-13-30-35(5)22-25(20-24-10-9-11-26(39)21-24)32(40)34(3,4)29(35)15-16-37(30,36)7/h9-11,20-21,27-31H,1,12-19,22H2,2-8H3/t27-,28?,29-,30+,31-,35+,36+,37-,38+/m1/s1. The van der Waals surface area contributed by atoms with Crippen LogP contribution in [0.2, 0.25) is 0 Å². The Morgan fingerprint density at radius 1 is 0.976 bits per heavy atom. The quantitative estimate of drug-likeness (QED) is 0.138. The van der Waals surface area contributed by atoms with Gasteiger partial charge in [-0.05, 0) is 162 Å². The lowest BCUT2D eigenvalue weighted by Crippen LogP contribution is -2.67. The molecule has 1 aromatic rings. The van der Waals surface area contributed by atoms with Crippen LogP contribution in [0.25, 0.3) is 6.08 Å². The average Bonchev–Trinajstić information content (AvgIpc) is 3.33. The predicted octanol–water partition coefficient (Wildman–Crippen LogP) is 9.68. The van der Waals surface area contributed by atoms with Gasteiger partial charge in [0.05, 0.1) is 12.5 Å². The topological polar surface area (TPSA) is 43.4 Å². The van der Waals surface area contributed by atoms with Gasteiger partial charge in [-0.15, -0.1) is 0 Å². The van der Waals surface area contributed by atoms with Crippen molar-refractivity contribution in [3.8, 4) is 0 Å². The number of esters is 1. The van der Waals surface area contributed by atoms with Crippen LogP contribution in [0, 0.1) is 60.2 Å². The van der Waals surface area contributed by atoms with E-state index in [1.54, 1.807) is 7.11 Å². The summed E-state index contributed by atoms with van der Waals surface area (Å²) in [5, 5.41) is 0. The third-order valence-electron chi connectivity index (χ3n) is 14.4. The lowest BCUT2D eigenvalue weighted by Gasteiger charge is -2.72. The molecular weight excluding hydrogens is 631 g/mol. The highest BCUT2D eigenvalue weighted by molar-refractivity contribution is 14.1. The minimum absolute atomic E-state index is 0.0270. The second kappa shape index (κ2) is 10.0. The SMILES string of the molecule is C=C(C)[C@H]1CC[C@]2(C(=O)OC)CC[C@@]3(C)C(CC[C@H]4[C@@]5(C)CC(=Cc6cccc(I)c6)C(=O)C(C)(C)[C@H]5CC[C@]43C)[C@@H]12. The number of methoxy groups -OCH3 is 1.